The molecule has 0 saturated carbocycles. The number of anilines is 1. The molecule has 1 fully saturated rings. The molecule has 0 aliphatic carbocycles. The first-order valence-corrected chi connectivity index (χ1v) is 11.2. The summed E-state index contributed by atoms with van der Waals surface area (Å²) in [6.07, 6.45) is 5.73. The van der Waals surface area contributed by atoms with E-state index in [1.807, 2.05) is 34.9 Å². The lowest BCUT2D eigenvalue weighted by Crippen LogP contribution is -2.44. The average Bonchev–Trinajstić information content (AvgIpc) is 3.51. The van der Waals surface area contributed by atoms with Crippen LogP contribution in [-0.4, -0.2) is 78.4 Å². The minimum atomic E-state index is -0.167. The summed E-state index contributed by atoms with van der Waals surface area (Å²) in [5.74, 6) is 0.705. The summed E-state index contributed by atoms with van der Waals surface area (Å²) in [6.45, 7) is 4.80. The number of piperazine rings is 1. The van der Waals surface area contributed by atoms with Gasteiger partial charge in [0.1, 0.15) is 18.0 Å². The highest BCUT2D eigenvalue weighted by atomic mass is 16.7. The number of imidazole rings is 1. The van der Waals surface area contributed by atoms with Crippen LogP contribution in [-0.2, 0) is 4.84 Å². The van der Waals surface area contributed by atoms with Crippen molar-refractivity contribution in [2.45, 2.75) is 12.5 Å². The van der Waals surface area contributed by atoms with Crippen LogP contribution in [0.2, 0.25) is 0 Å². The SMILES string of the molecule is CN1CCN(c2ccccc2OCC2CC(CNC(=O)c3ccc4nccn4c3)=NO2)CC1. The molecule has 2 aromatic heterocycles. The third kappa shape index (κ3) is 4.93. The first kappa shape index (κ1) is 21.3. The molecule has 2 aliphatic rings. The lowest BCUT2D eigenvalue weighted by atomic mass is 10.2. The van der Waals surface area contributed by atoms with Crippen molar-refractivity contribution in [3.8, 4) is 5.75 Å². The molecule has 1 atom stereocenters. The molecule has 1 amide bonds. The topological polar surface area (TPSA) is 83.7 Å². The van der Waals surface area contributed by atoms with E-state index in [2.05, 4.69) is 38.4 Å². The van der Waals surface area contributed by atoms with E-state index in [4.69, 9.17) is 9.57 Å². The molecule has 9 heteroatoms. The number of rotatable bonds is 7. The Labute approximate surface area is 192 Å². The molecule has 0 bridgehead atoms. The number of likely N-dealkylation sites (N-methyl/N-ethyl adjacent to an activating group) is 1. The Kier molecular flexibility index (Phi) is 6.12. The van der Waals surface area contributed by atoms with Crippen molar-refractivity contribution in [1.29, 1.82) is 0 Å². The molecule has 1 saturated heterocycles. The number of hydrogen-bond donors (Lipinski definition) is 1. The van der Waals surface area contributed by atoms with Gasteiger partial charge in [-0.3, -0.25) is 4.79 Å². The van der Waals surface area contributed by atoms with E-state index in [-0.39, 0.29) is 12.0 Å². The smallest absolute Gasteiger partial charge is 0.253 e. The number of ether oxygens (including phenoxy) is 1. The van der Waals surface area contributed by atoms with E-state index >= 15 is 0 Å². The minimum Gasteiger partial charge on any atom is -0.487 e. The Morgan fingerprint density at radius 1 is 1.18 bits per heavy atom. The molecule has 1 aromatic carbocycles. The van der Waals surface area contributed by atoms with Crippen LogP contribution in [0.5, 0.6) is 5.75 Å². The zero-order valence-corrected chi connectivity index (χ0v) is 18.7. The molecule has 1 unspecified atom stereocenters. The zero-order chi connectivity index (χ0) is 22.6. The quantitative estimate of drug-likeness (QED) is 0.596. The van der Waals surface area contributed by atoms with Crippen molar-refractivity contribution in [2.24, 2.45) is 5.16 Å². The maximum atomic E-state index is 12.5. The van der Waals surface area contributed by atoms with E-state index < -0.39 is 0 Å². The third-order valence-corrected chi connectivity index (χ3v) is 6.03. The molecule has 3 aromatic rings. The summed E-state index contributed by atoms with van der Waals surface area (Å²) < 4.78 is 7.95. The number of nitrogens with zero attached hydrogens (tertiary/aromatic N) is 5. The third-order valence-electron chi connectivity index (χ3n) is 6.03. The summed E-state index contributed by atoms with van der Waals surface area (Å²) in [5, 5.41) is 7.06. The summed E-state index contributed by atoms with van der Waals surface area (Å²) in [7, 11) is 2.15. The summed E-state index contributed by atoms with van der Waals surface area (Å²) in [4.78, 5) is 26.9. The van der Waals surface area contributed by atoms with Crippen molar-refractivity contribution in [3.63, 3.8) is 0 Å². The van der Waals surface area contributed by atoms with Crippen molar-refractivity contribution in [3.05, 3.63) is 60.6 Å². The largest absolute Gasteiger partial charge is 0.487 e. The Balaban J connectivity index is 1.10. The molecule has 2 aliphatic heterocycles. The maximum absolute atomic E-state index is 12.5. The second kappa shape index (κ2) is 9.50. The van der Waals surface area contributed by atoms with Crippen LogP contribution in [0.15, 0.2) is 60.1 Å². The second-order valence-electron chi connectivity index (χ2n) is 8.45. The van der Waals surface area contributed by atoms with Crippen molar-refractivity contribution in [1.82, 2.24) is 19.6 Å². The zero-order valence-electron chi connectivity index (χ0n) is 18.7. The van der Waals surface area contributed by atoms with Gasteiger partial charge in [0.05, 0.1) is 23.5 Å². The predicted octanol–water partition coefficient (Wildman–Crippen LogP) is 2.04. The fraction of sp³-hybridized carbons (Fsp3) is 0.375. The number of nitrogens with one attached hydrogen (secondary N) is 1. The number of carbonyl (C=O) groups is 1. The summed E-state index contributed by atoms with van der Waals surface area (Å²) in [5.41, 5.74) is 3.29. The van der Waals surface area contributed by atoms with Crippen molar-refractivity contribution < 1.29 is 14.4 Å². The van der Waals surface area contributed by atoms with Crippen LogP contribution < -0.4 is 15.0 Å². The number of oxime groups is 1. The Morgan fingerprint density at radius 3 is 2.91 bits per heavy atom. The number of amides is 1. The van der Waals surface area contributed by atoms with E-state index in [1.54, 1.807) is 18.5 Å². The van der Waals surface area contributed by atoms with E-state index in [1.165, 1.54) is 0 Å². The predicted molar refractivity (Wildman–Crippen MR) is 126 cm³/mol. The lowest BCUT2D eigenvalue weighted by Gasteiger charge is -2.34. The average molecular weight is 449 g/mol. The molecule has 1 N–H and O–H groups in total. The summed E-state index contributed by atoms with van der Waals surface area (Å²) >= 11 is 0. The highest BCUT2D eigenvalue weighted by Crippen LogP contribution is 2.29. The number of carbonyl (C=O) groups excluding carboxylic acids is 1. The monoisotopic (exact) mass is 448 g/mol. The fourth-order valence-corrected chi connectivity index (χ4v) is 4.09. The Morgan fingerprint density at radius 2 is 2.03 bits per heavy atom. The van der Waals surface area contributed by atoms with Crippen LogP contribution >= 0.6 is 0 Å². The Bertz CT molecular complexity index is 1150. The van der Waals surface area contributed by atoms with Crippen molar-refractivity contribution >= 4 is 23.0 Å². The van der Waals surface area contributed by atoms with Gasteiger partial charge >= 0.3 is 0 Å². The van der Waals surface area contributed by atoms with Gasteiger partial charge in [0.15, 0.2) is 6.10 Å². The van der Waals surface area contributed by atoms with Gasteiger partial charge < -0.3 is 29.1 Å². The van der Waals surface area contributed by atoms with Gasteiger partial charge in [-0.2, -0.15) is 0 Å². The van der Waals surface area contributed by atoms with Gasteiger partial charge in [-0.25, -0.2) is 4.98 Å². The molecule has 0 radical (unpaired) electrons. The van der Waals surface area contributed by atoms with Gasteiger partial charge in [0.25, 0.3) is 5.91 Å². The molecule has 5 rings (SSSR count). The van der Waals surface area contributed by atoms with Crippen LogP contribution in [0.1, 0.15) is 16.8 Å². The van der Waals surface area contributed by atoms with Crippen LogP contribution in [0.4, 0.5) is 5.69 Å². The highest BCUT2D eigenvalue weighted by Gasteiger charge is 2.24. The van der Waals surface area contributed by atoms with Gasteiger partial charge in [0, 0.05) is 51.2 Å². The number of para-hydroxylation sites is 2. The van der Waals surface area contributed by atoms with E-state index in [9.17, 15) is 4.79 Å². The summed E-state index contributed by atoms with van der Waals surface area (Å²) in [6, 6.07) is 11.7. The molecule has 4 heterocycles. The van der Waals surface area contributed by atoms with Crippen LogP contribution in [0.25, 0.3) is 5.65 Å². The molecule has 172 valence electrons. The first-order valence-electron chi connectivity index (χ1n) is 11.2. The maximum Gasteiger partial charge on any atom is 0.253 e. The number of benzene rings is 1. The van der Waals surface area contributed by atoms with Crippen LogP contribution in [0.3, 0.4) is 0 Å². The van der Waals surface area contributed by atoms with Gasteiger partial charge in [0.2, 0.25) is 0 Å². The standard InChI is InChI=1S/C24H28N6O3/c1-28-10-12-29(13-11-28)21-4-2-3-5-22(21)32-17-20-14-19(27-33-20)15-26-24(31)18-6-7-23-25-8-9-30(23)16-18/h2-9,16,20H,10-15,17H2,1H3,(H,26,31). The van der Waals surface area contributed by atoms with E-state index in [0.717, 1.165) is 49.0 Å². The fourth-order valence-electron chi connectivity index (χ4n) is 4.09. The highest BCUT2D eigenvalue weighted by molar-refractivity contribution is 5.98. The van der Waals surface area contributed by atoms with Gasteiger partial charge in [-0.1, -0.05) is 17.3 Å². The molecule has 0 spiro atoms. The first-order chi connectivity index (χ1) is 16.2. The molecular formula is C24H28N6O3. The number of pyridine rings is 1. The minimum absolute atomic E-state index is 0.158. The lowest BCUT2D eigenvalue weighted by molar-refractivity contribution is 0.0472. The van der Waals surface area contributed by atoms with Gasteiger partial charge in [-0.05, 0) is 31.3 Å². The Hall–Kier alpha value is -3.59. The number of fused-ring (bicyclic) bond motifs is 1. The molecule has 33 heavy (non-hydrogen) atoms. The normalized spacial score (nSPS) is 18.8. The van der Waals surface area contributed by atoms with E-state index in [0.29, 0.717) is 25.1 Å². The van der Waals surface area contributed by atoms with Crippen molar-refractivity contribution in [2.75, 3.05) is 51.3 Å². The van der Waals surface area contributed by atoms with Crippen LogP contribution in [0, 0.1) is 0 Å². The number of hydrogen-bond acceptors (Lipinski definition) is 7. The molecular weight excluding hydrogens is 420 g/mol. The van der Waals surface area contributed by atoms with Gasteiger partial charge in [-0.15, -0.1) is 0 Å². The second-order valence-corrected chi connectivity index (χ2v) is 8.45. The molecule has 9 nitrogen and oxygen atoms in total. The number of aromatic nitrogens is 2.